The summed E-state index contributed by atoms with van der Waals surface area (Å²) >= 11 is 0. The van der Waals surface area contributed by atoms with Crippen molar-refractivity contribution in [2.45, 2.75) is 44.7 Å². The minimum absolute atomic E-state index is 0.0422. The van der Waals surface area contributed by atoms with Crippen LogP contribution in [0.25, 0.3) is 0 Å². The molecule has 2 unspecified atom stereocenters. The maximum atomic E-state index is 12.8. The molecule has 1 aromatic heterocycles. The van der Waals surface area contributed by atoms with E-state index in [2.05, 4.69) is 39.7 Å². The van der Waals surface area contributed by atoms with E-state index in [0.29, 0.717) is 24.2 Å². The number of aromatic nitrogens is 2. The first-order valence-corrected chi connectivity index (χ1v) is 8.60. The van der Waals surface area contributed by atoms with Crippen LogP contribution in [0.2, 0.25) is 0 Å². The minimum atomic E-state index is -0.142. The summed E-state index contributed by atoms with van der Waals surface area (Å²) in [6.07, 6.45) is 4.66. The average Bonchev–Trinajstić information content (AvgIpc) is 3.00. The summed E-state index contributed by atoms with van der Waals surface area (Å²) in [5.74, 6) is 1.58. The Labute approximate surface area is 141 Å². The molecule has 6 heteroatoms. The third-order valence-corrected chi connectivity index (χ3v) is 5.41. The number of carbonyl (C=O) groups excluding carboxylic acids is 1. The number of hydrogen-bond donors (Lipinski definition) is 1. The number of fused-ring (bicyclic) bond motifs is 1. The van der Waals surface area contributed by atoms with E-state index < -0.39 is 0 Å². The number of likely N-dealkylation sites (tertiary alicyclic amines) is 1. The highest BCUT2D eigenvalue weighted by molar-refractivity contribution is 5.76. The van der Waals surface area contributed by atoms with Gasteiger partial charge in [0.05, 0.1) is 12.1 Å². The quantitative estimate of drug-likeness (QED) is 0.941. The lowest BCUT2D eigenvalue weighted by Crippen LogP contribution is -2.69. The lowest BCUT2D eigenvalue weighted by molar-refractivity contribution is -0.0794. The highest BCUT2D eigenvalue weighted by Crippen LogP contribution is 2.53. The van der Waals surface area contributed by atoms with Gasteiger partial charge in [-0.3, -0.25) is 0 Å². The molecular weight excluding hydrogens is 304 g/mol. The largest absolute Gasteiger partial charge is 0.340 e. The molecule has 126 valence electrons. The molecule has 1 aliphatic carbocycles. The molecule has 6 nitrogen and oxygen atoms in total. The van der Waals surface area contributed by atoms with Crippen LogP contribution in [0, 0.1) is 12.8 Å². The minimum Gasteiger partial charge on any atom is -0.340 e. The Bertz CT molecular complexity index is 730. The molecule has 4 rings (SSSR count). The molecule has 2 atom stereocenters. The van der Waals surface area contributed by atoms with Gasteiger partial charge in [0.1, 0.15) is 0 Å². The SMILES string of the molecule is Cc1nc(CNC(=O)N2CC3CCCCC32c2ccccc2)no1. The molecule has 0 spiro atoms. The second kappa shape index (κ2) is 5.92. The van der Waals surface area contributed by atoms with E-state index in [4.69, 9.17) is 4.52 Å². The summed E-state index contributed by atoms with van der Waals surface area (Å²) in [5, 5.41) is 6.77. The highest BCUT2D eigenvalue weighted by atomic mass is 16.5. The predicted molar refractivity (Wildman–Crippen MR) is 88.1 cm³/mol. The fraction of sp³-hybridized carbons (Fsp3) is 0.500. The summed E-state index contributed by atoms with van der Waals surface area (Å²) in [7, 11) is 0. The predicted octanol–water partition coefficient (Wildman–Crippen LogP) is 2.99. The first-order valence-electron chi connectivity index (χ1n) is 8.60. The van der Waals surface area contributed by atoms with Crippen molar-refractivity contribution in [1.29, 1.82) is 0 Å². The third-order valence-electron chi connectivity index (χ3n) is 5.41. The van der Waals surface area contributed by atoms with Crippen LogP contribution in [0.5, 0.6) is 0 Å². The fourth-order valence-electron chi connectivity index (χ4n) is 4.29. The van der Waals surface area contributed by atoms with Gasteiger partial charge >= 0.3 is 6.03 Å². The van der Waals surface area contributed by atoms with E-state index >= 15 is 0 Å². The summed E-state index contributed by atoms with van der Waals surface area (Å²) < 4.78 is 4.95. The molecule has 2 aromatic rings. The Morgan fingerprint density at radius 3 is 2.92 bits per heavy atom. The van der Waals surface area contributed by atoms with Gasteiger partial charge in [-0.2, -0.15) is 4.98 Å². The van der Waals surface area contributed by atoms with E-state index in [1.54, 1.807) is 6.92 Å². The number of hydrogen-bond acceptors (Lipinski definition) is 4. The molecule has 0 radical (unpaired) electrons. The van der Waals surface area contributed by atoms with Gasteiger partial charge in [-0.25, -0.2) is 4.79 Å². The van der Waals surface area contributed by atoms with E-state index in [1.165, 1.54) is 24.8 Å². The van der Waals surface area contributed by atoms with Crippen molar-refractivity contribution in [3.63, 3.8) is 0 Å². The van der Waals surface area contributed by atoms with Gasteiger partial charge in [0.2, 0.25) is 5.89 Å². The van der Waals surface area contributed by atoms with Crippen molar-refractivity contribution >= 4 is 6.03 Å². The molecule has 2 heterocycles. The first-order chi connectivity index (χ1) is 11.7. The second-order valence-electron chi connectivity index (χ2n) is 6.73. The van der Waals surface area contributed by atoms with Crippen LogP contribution >= 0.6 is 0 Å². The fourth-order valence-corrected chi connectivity index (χ4v) is 4.29. The maximum Gasteiger partial charge on any atom is 0.318 e. The van der Waals surface area contributed by atoms with Gasteiger partial charge in [0, 0.05) is 19.4 Å². The Morgan fingerprint density at radius 1 is 1.38 bits per heavy atom. The maximum absolute atomic E-state index is 12.8. The molecular formula is C18H22N4O2. The van der Waals surface area contributed by atoms with Crippen LogP contribution < -0.4 is 5.32 Å². The van der Waals surface area contributed by atoms with Crippen molar-refractivity contribution in [2.24, 2.45) is 5.92 Å². The Kier molecular flexibility index (Phi) is 3.75. The van der Waals surface area contributed by atoms with Crippen LogP contribution in [0.3, 0.4) is 0 Å². The van der Waals surface area contributed by atoms with Gasteiger partial charge in [-0.15, -0.1) is 0 Å². The Morgan fingerprint density at radius 2 is 2.21 bits per heavy atom. The molecule has 1 saturated heterocycles. The zero-order chi connectivity index (χ0) is 16.6. The number of carbonyl (C=O) groups is 1. The molecule has 0 bridgehead atoms. The van der Waals surface area contributed by atoms with E-state index in [-0.39, 0.29) is 11.6 Å². The molecule has 2 aliphatic rings. The van der Waals surface area contributed by atoms with Crippen molar-refractivity contribution in [3.05, 3.63) is 47.6 Å². The standard InChI is InChI=1S/C18H22N4O2/c1-13-20-16(21-24-13)11-19-17(23)22-12-15-9-5-6-10-18(15,22)14-7-3-2-4-8-14/h2-4,7-8,15H,5-6,9-12H2,1H3,(H,19,23). The molecule has 2 fully saturated rings. The normalized spacial score (nSPS) is 25.7. The smallest absolute Gasteiger partial charge is 0.318 e. The molecule has 1 N–H and O–H groups in total. The van der Waals surface area contributed by atoms with Crippen molar-refractivity contribution in [1.82, 2.24) is 20.4 Å². The number of nitrogens with one attached hydrogen (secondary N) is 1. The molecule has 1 aromatic carbocycles. The number of aryl methyl sites for hydroxylation is 1. The number of benzene rings is 1. The number of rotatable bonds is 3. The summed E-state index contributed by atoms with van der Waals surface area (Å²) in [6, 6.07) is 10.4. The zero-order valence-electron chi connectivity index (χ0n) is 13.9. The average molecular weight is 326 g/mol. The van der Waals surface area contributed by atoms with Gasteiger partial charge < -0.3 is 14.7 Å². The molecule has 2 amide bonds. The van der Waals surface area contributed by atoms with Gasteiger partial charge in [-0.1, -0.05) is 48.3 Å². The Hall–Kier alpha value is -2.37. The summed E-state index contributed by atoms with van der Waals surface area (Å²) in [5.41, 5.74) is 1.11. The van der Waals surface area contributed by atoms with E-state index in [1.807, 2.05) is 11.0 Å². The summed E-state index contributed by atoms with van der Waals surface area (Å²) in [4.78, 5) is 18.9. The topological polar surface area (TPSA) is 71.3 Å². The van der Waals surface area contributed by atoms with Gasteiger partial charge in [-0.05, 0) is 18.4 Å². The molecule has 1 saturated carbocycles. The monoisotopic (exact) mass is 326 g/mol. The van der Waals surface area contributed by atoms with Gasteiger partial charge in [0.25, 0.3) is 0 Å². The van der Waals surface area contributed by atoms with Crippen LogP contribution in [0.4, 0.5) is 4.79 Å². The van der Waals surface area contributed by atoms with Crippen LogP contribution in [-0.4, -0.2) is 27.6 Å². The van der Waals surface area contributed by atoms with Crippen LogP contribution in [0.15, 0.2) is 34.9 Å². The second-order valence-corrected chi connectivity index (χ2v) is 6.73. The van der Waals surface area contributed by atoms with E-state index in [9.17, 15) is 4.79 Å². The zero-order valence-corrected chi connectivity index (χ0v) is 13.9. The highest BCUT2D eigenvalue weighted by Gasteiger charge is 2.56. The van der Waals surface area contributed by atoms with Gasteiger partial charge in [0.15, 0.2) is 5.82 Å². The first kappa shape index (κ1) is 15.2. The van der Waals surface area contributed by atoms with Crippen molar-refractivity contribution in [2.75, 3.05) is 6.54 Å². The van der Waals surface area contributed by atoms with Crippen molar-refractivity contribution < 1.29 is 9.32 Å². The number of urea groups is 1. The molecule has 24 heavy (non-hydrogen) atoms. The number of nitrogens with zero attached hydrogens (tertiary/aromatic N) is 3. The summed E-state index contributed by atoms with van der Waals surface area (Å²) in [6.45, 7) is 2.86. The molecule has 1 aliphatic heterocycles. The van der Waals surface area contributed by atoms with Crippen LogP contribution in [-0.2, 0) is 12.1 Å². The Balaban J connectivity index is 1.52. The van der Waals surface area contributed by atoms with Crippen LogP contribution in [0.1, 0.15) is 43.0 Å². The van der Waals surface area contributed by atoms with E-state index in [0.717, 1.165) is 13.0 Å². The third kappa shape index (κ3) is 2.37. The lowest BCUT2D eigenvalue weighted by Gasteiger charge is -2.61. The van der Waals surface area contributed by atoms with Crippen molar-refractivity contribution in [3.8, 4) is 0 Å². The lowest BCUT2D eigenvalue weighted by atomic mass is 9.62. The number of amides is 2.